The Morgan fingerprint density at radius 3 is 2.41 bits per heavy atom. The summed E-state index contributed by atoms with van der Waals surface area (Å²) in [5.41, 5.74) is 6.95. The molecule has 1 heterocycles. The van der Waals surface area contributed by atoms with Gasteiger partial charge in [0.2, 0.25) is 0 Å². The second-order valence-corrected chi connectivity index (χ2v) is 5.33. The predicted molar refractivity (Wildman–Crippen MR) is 72.2 cm³/mol. The zero-order valence-electron chi connectivity index (χ0n) is 11.3. The van der Waals surface area contributed by atoms with Gasteiger partial charge in [-0.25, -0.2) is 0 Å². The Morgan fingerprint density at radius 2 is 1.76 bits per heavy atom. The molecule has 0 aromatic heterocycles. The average molecular weight is 230 g/mol. The number of rotatable bonds is 2. The highest BCUT2D eigenvalue weighted by molar-refractivity contribution is 5.36. The molecule has 0 saturated heterocycles. The van der Waals surface area contributed by atoms with Gasteiger partial charge in [-0.05, 0) is 68.4 Å². The fraction of sp³-hybridized carbons (Fsp3) is 0.500. The van der Waals surface area contributed by atoms with Gasteiger partial charge >= 0.3 is 0 Å². The van der Waals surface area contributed by atoms with E-state index in [1.807, 2.05) is 6.26 Å². The van der Waals surface area contributed by atoms with E-state index in [4.69, 9.17) is 4.74 Å². The Bertz CT molecular complexity index is 443. The largest absolute Gasteiger partial charge is 0.498 e. The first-order chi connectivity index (χ1) is 8.06. The van der Waals surface area contributed by atoms with Crippen molar-refractivity contribution in [3.63, 3.8) is 0 Å². The van der Waals surface area contributed by atoms with Crippen molar-refractivity contribution in [2.45, 2.75) is 53.1 Å². The molecule has 0 spiro atoms. The van der Waals surface area contributed by atoms with E-state index in [9.17, 15) is 0 Å². The fourth-order valence-electron chi connectivity index (χ4n) is 2.36. The average Bonchev–Trinajstić information content (AvgIpc) is 2.29. The van der Waals surface area contributed by atoms with Crippen molar-refractivity contribution in [2.24, 2.45) is 0 Å². The summed E-state index contributed by atoms with van der Waals surface area (Å²) in [5, 5.41) is 0. The summed E-state index contributed by atoms with van der Waals surface area (Å²) >= 11 is 0. The van der Waals surface area contributed by atoms with E-state index in [2.05, 4.69) is 39.8 Å². The lowest BCUT2D eigenvalue weighted by Gasteiger charge is -2.23. The molecule has 0 saturated carbocycles. The summed E-state index contributed by atoms with van der Waals surface area (Å²) in [6, 6.07) is 4.60. The van der Waals surface area contributed by atoms with Gasteiger partial charge in [0.1, 0.15) is 6.10 Å². The zero-order chi connectivity index (χ0) is 12.4. The van der Waals surface area contributed by atoms with Gasteiger partial charge < -0.3 is 4.74 Å². The minimum Gasteiger partial charge on any atom is -0.498 e. The number of aryl methyl sites for hydroxylation is 3. The number of benzene rings is 1. The number of hydrogen-bond donors (Lipinski definition) is 0. The van der Waals surface area contributed by atoms with Crippen LogP contribution in [0.5, 0.6) is 0 Å². The fourth-order valence-corrected chi connectivity index (χ4v) is 2.36. The van der Waals surface area contributed by atoms with E-state index in [0.717, 1.165) is 12.8 Å². The van der Waals surface area contributed by atoms with Crippen LogP contribution in [-0.2, 0) is 11.2 Å². The summed E-state index contributed by atoms with van der Waals surface area (Å²) in [4.78, 5) is 0. The van der Waals surface area contributed by atoms with E-state index in [1.165, 1.54) is 34.2 Å². The Labute approximate surface area is 104 Å². The molecule has 0 aliphatic carbocycles. The van der Waals surface area contributed by atoms with Crippen LogP contribution in [0.3, 0.4) is 0 Å². The molecule has 0 amide bonds. The molecule has 1 aromatic rings. The Hall–Kier alpha value is -1.24. The molecule has 2 rings (SSSR count). The lowest BCUT2D eigenvalue weighted by molar-refractivity contribution is 0.120. The van der Waals surface area contributed by atoms with E-state index >= 15 is 0 Å². The molecule has 17 heavy (non-hydrogen) atoms. The van der Waals surface area contributed by atoms with Gasteiger partial charge in [-0.15, -0.1) is 0 Å². The first-order valence-corrected chi connectivity index (χ1v) is 6.44. The van der Waals surface area contributed by atoms with Crippen LogP contribution in [0.15, 0.2) is 24.0 Å². The van der Waals surface area contributed by atoms with E-state index in [-0.39, 0.29) is 0 Å². The van der Waals surface area contributed by atoms with Gasteiger partial charge in [0, 0.05) is 6.42 Å². The van der Waals surface area contributed by atoms with Crippen molar-refractivity contribution in [3.8, 4) is 0 Å². The van der Waals surface area contributed by atoms with Gasteiger partial charge in [0.15, 0.2) is 0 Å². The van der Waals surface area contributed by atoms with Crippen LogP contribution in [0.2, 0.25) is 0 Å². The first-order valence-electron chi connectivity index (χ1n) is 6.44. The highest BCUT2D eigenvalue weighted by atomic mass is 16.5. The molecule has 1 unspecified atom stereocenters. The van der Waals surface area contributed by atoms with E-state index in [0.29, 0.717) is 6.10 Å². The molecular weight excluding hydrogens is 208 g/mol. The molecule has 1 heteroatoms. The third kappa shape index (κ3) is 2.91. The second-order valence-electron chi connectivity index (χ2n) is 5.33. The van der Waals surface area contributed by atoms with Gasteiger partial charge in [-0.2, -0.15) is 0 Å². The number of ether oxygens (including phenoxy) is 1. The maximum absolute atomic E-state index is 5.76. The summed E-state index contributed by atoms with van der Waals surface area (Å²) in [6.45, 7) is 8.70. The second kappa shape index (κ2) is 4.95. The molecule has 92 valence electrons. The molecule has 1 aromatic carbocycles. The van der Waals surface area contributed by atoms with Gasteiger partial charge in [0.25, 0.3) is 0 Å². The van der Waals surface area contributed by atoms with Crippen molar-refractivity contribution in [3.05, 3.63) is 46.2 Å². The zero-order valence-corrected chi connectivity index (χ0v) is 11.3. The topological polar surface area (TPSA) is 9.23 Å². The third-order valence-corrected chi connectivity index (χ3v) is 3.72. The van der Waals surface area contributed by atoms with Crippen LogP contribution in [0.25, 0.3) is 0 Å². The molecule has 0 radical (unpaired) electrons. The summed E-state index contributed by atoms with van der Waals surface area (Å²) in [7, 11) is 0. The summed E-state index contributed by atoms with van der Waals surface area (Å²) in [6.07, 6.45) is 5.66. The van der Waals surface area contributed by atoms with Crippen LogP contribution in [-0.4, -0.2) is 6.10 Å². The molecule has 1 aliphatic rings. The maximum Gasteiger partial charge on any atom is 0.102 e. The van der Waals surface area contributed by atoms with Crippen LogP contribution in [0, 0.1) is 20.8 Å². The van der Waals surface area contributed by atoms with Gasteiger partial charge in [-0.3, -0.25) is 0 Å². The van der Waals surface area contributed by atoms with E-state index < -0.39 is 0 Å². The molecule has 1 atom stereocenters. The Balaban J connectivity index is 2.11. The molecule has 0 bridgehead atoms. The van der Waals surface area contributed by atoms with Crippen LogP contribution >= 0.6 is 0 Å². The molecule has 0 fully saturated rings. The van der Waals surface area contributed by atoms with Crippen LogP contribution in [0.1, 0.15) is 42.0 Å². The van der Waals surface area contributed by atoms with Crippen molar-refractivity contribution in [1.29, 1.82) is 0 Å². The quantitative estimate of drug-likeness (QED) is 0.738. The first kappa shape index (κ1) is 12.2. The Morgan fingerprint density at radius 1 is 1.06 bits per heavy atom. The van der Waals surface area contributed by atoms with Crippen molar-refractivity contribution >= 4 is 0 Å². The smallest absolute Gasteiger partial charge is 0.102 e. The monoisotopic (exact) mass is 230 g/mol. The number of hydrogen-bond acceptors (Lipinski definition) is 1. The molecule has 1 nitrogen and oxygen atoms in total. The number of allylic oxidation sites excluding steroid dienone is 1. The Kier molecular flexibility index (Phi) is 3.56. The maximum atomic E-state index is 5.76. The molecule has 1 aliphatic heterocycles. The summed E-state index contributed by atoms with van der Waals surface area (Å²) < 4.78 is 5.76. The van der Waals surface area contributed by atoms with Crippen LogP contribution < -0.4 is 0 Å². The predicted octanol–water partition coefficient (Wildman–Crippen LogP) is 4.24. The van der Waals surface area contributed by atoms with Crippen molar-refractivity contribution in [2.75, 3.05) is 0 Å². The minimum absolute atomic E-state index is 0.361. The normalized spacial score (nSPS) is 19.8. The minimum atomic E-state index is 0.361. The van der Waals surface area contributed by atoms with Gasteiger partial charge in [-0.1, -0.05) is 12.1 Å². The third-order valence-electron chi connectivity index (χ3n) is 3.72. The standard InChI is InChI=1S/C16H22O/c1-11-5-6-16(17-10-11)9-15-8-13(3)12(2)7-14(15)4/h7-8,10,16H,5-6,9H2,1-4H3. The highest BCUT2D eigenvalue weighted by Gasteiger charge is 2.15. The van der Waals surface area contributed by atoms with Crippen molar-refractivity contribution < 1.29 is 4.74 Å². The highest BCUT2D eigenvalue weighted by Crippen LogP contribution is 2.23. The summed E-state index contributed by atoms with van der Waals surface area (Å²) in [5.74, 6) is 0. The van der Waals surface area contributed by atoms with Gasteiger partial charge in [0.05, 0.1) is 6.26 Å². The SMILES string of the molecule is CC1=COC(Cc2cc(C)c(C)cc2C)CC1. The molecule has 0 N–H and O–H groups in total. The lowest BCUT2D eigenvalue weighted by Crippen LogP contribution is -2.17. The van der Waals surface area contributed by atoms with Crippen molar-refractivity contribution in [1.82, 2.24) is 0 Å². The lowest BCUT2D eigenvalue weighted by atomic mass is 9.94. The molecular formula is C16H22O. The van der Waals surface area contributed by atoms with E-state index in [1.54, 1.807) is 0 Å². The van der Waals surface area contributed by atoms with Crippen LogP contribution in [0.4, 0.5) is 0 Å².